The molecule has 2 aromatic rings. The Morgan fingerprint density at radius 3 is 2.81 bits per heavy atom. The van der Waals surface area contributed by atoms with E-state index in [9.17, 15) is 0 Å². The normalized spacial score (nSPS) is 10.8. The van der Waals surface area contributed by atoms with Crippen LogP contribution in [0.3, 0.4) is 0 Å². The number of hydrogen-bond donors (Lipinski definition) is 1. The molecule has 0 saturated carbocycles. The summed E-state index contributed by atoms with van der Waals surface area (Å²) >= 11 is 0. The minimum Gasteiger partial charge on any atom is -0.467 e. The van der Waals surface area contributed by atoms with Gasteiger partial charge in [-0.15, -0.1) is 0 Å². The second-order valence-electron chi connectivity index (χ2n) is 5.05. The van der Waals surface area contributed by atoms with Crippen molar-refractivity contribution in [2.24, 2.45) is 0 Å². The highest BCUT2D eigenvalue weighted by Crippen LogP contribution is 2.14. The van der Waals surface area contributed by atoms with Gasteiger partial charge < -0.3 is 14.6 Å². The molecule has 2 rings (SSSR count). The van der Waals surface area contributed by atoms with Gasteiger partial charge in [0.1, 0.15) is 5.76 Å². The Kier molecular flexibility index (Phi) is 5.75. The van der Waals surface area contributed by atoms with Gasteiger partial charge in [0.05, 0.1) is 12.8 Å². The van der Waals surface area contributed by atoms with Crippen LogP contribution in [-0.4, -0.2) is 23.1 Å². The smallest absolute Gasteiger partial charge is 0.225 e. The average Bonchev–Trinajstić information content (AvgIpc) is 2.99. The van der Waals surface area contributed by atoms with Crippen LogP contribution in [0.4, 0.5) is 5.95 Å². The van der Waals surface area contributed by atoms with Crippen molar-refractivity contribution in [2.75, 3.05) is 18.0 Å². The zero-order chi connectivity index (χ0) is 15.1. The molecule has 5 heteroatoms. The Morgan fingerprint density at radius 2 is 2.19 bits per heavy atom. The number of hydrogen-bond acceptors (Lipinski definition) is 5. The van der Waals surface area contributed by atoms with E-state index in [1.807, 2.05) is 25.3 Å². The number of aromatic nitrogens is 2. The molecule has 0 aromatic carbocycles. The van der Waals surface area contributed by atoms with Gasteiger partial charge in [-0.2, -0.15) is 0 Å². The Bertz CT molecular complexity index is 539. The van der Waals surface area contributed by atoms with Gasteiger partial charge in [0.2, 0.25) is 5.95 Å². The predicted molar refractivity (Wildman–Crippen MR) is 84.2 cm³/mol. The minimum absolute atomic E-state index is 0.691. The van der Waals surface area contributed by atoms with Crippen molar-refractivity contribution in [3.05, 3.63) is 41.6 Å². The first-order valence-electron chi connectivity index (χ1n) is 7.55. The van der Waals surface area contributed by atoms with E-state index in [1.54, 1.807) is 6.26 Å². The molecule has 0 saturated heterocycles. The highest BCUT2D eigenvalue weighted by Gasteiger charge is 2.11. The van der Waals surface area contributed by atoms with Crippen molar-refractivity contribution in [1.29, 1.82) is 0 Å². The molecule has 5 nitrogen and oxygen atoms in total. The van der Waals surface area contributed by atoms with Crippen molar-refractivity contribution < 1.29 is 4.42 Å². The number of rotatable bonds is 8. The van der Waals surface area contributed by atoms with Crippen LogP contribution in [0.2, 0.25) is 0 Å². The third-order valence-corrected chi connectivity index (χ3v) is 3.40. The maximum absolute atomic E-state index is 5.40. The standard InChI is InChI=1S/C16H24N4O/c1-4-8-17-10-14-11-18-16(19-13(14)3)20(5-2)12-15-7-6-9-21-15/h6-7,9,11,17H,4-5,8,10,12H2,1-3H3. The topological polar surface area (TPSA) is 54.2 Å². The summed E-state index contributed by atoms with van der Waals surface area (Å²) in [6.45, 7) is 9.66. The molecule has 1 N–H and O–H groups in total. The fraction of sp³-hybridized carbons (Fsp3) is 0.500. The molecule has 0 aliphatic carbocycles. The Morgan fingerprint density at radius 1 is 1.33 bits per heavy atom. The van der Waals surface area contributed by atoms with Gasteiger partial charge in [0.15, 0.2) is 0 Å². The molecule has 0 amide bonds. The van der Waals surface area contributed by atoms with Gasteiger partial charge in [0.25, 0.3) is 0 Å². The largest absolute Gasteiger partial charge is 0.467 e. The molecular formula is C16H24N4O. The van der Waals surface area contributed by atoms with Gasteiger partial charge >= 0.3 is 0 Å². The van der Waals surface area contributed by atoms with Gasteiger partial charge in [0, 0.05) is 30.5 Å². The van der Waals surface area contributed by atoms with Gasteiger partial charge in [-0.1, -0.05) is 6.92 Å². The van der Waals surface area contributed by atoms with Gasteiger partial charge in [-0.25, -0.2) is 9.97 Å². The lowest BCUT2D eigenvalue weighted by atomic mass is 10.2. The Balaban J connectivity index is 2.06. The molecule has 0 atom stereocenters. The lowest BCUT2D eigenvalue weighted by Gasteiger charge is -2.20. The molecule has 2 heterocycles. The van der Waals surface area contributed by atoms with E-state index in [0.29, 0.717) is 6.54 Å². The zero-order valence-corrected chi connectivity index (χ0v) is 13.1. The molecule has 0 fully saturated rings. The first-order chi connectivity index (χ1) is 10.2. The highest BCUT2D eigenvalue weighted by atomic mass is 16.3. The highest BCUT2D eigenvalue weighted by molar-refractivity contribution is 5.33. The van der Waals surface area contributed by atoms with Crippen LogP contribution in [0.25, 0.3) is 0 Å². The van der Waals surface area contributed by atoms with Crippen LogP contribution in [0, 0.1) is 6.92 Å². The molecule has 0 radical (unpaired) electrons. The molecule has 0 spiro atoms. The third kappa shape index (κ3) is 4.29. The Hall–Kier alpha value is -1.88. The zero-order valence-electron chi connectivity index (χ0n) is 13.1. The molecule has 0 aliphatic heterocycles. The fourth-order valence-electron chi connectivity index (χ4n) is 2.12. The monoisotopic (exact) mass is 288 g/mol. The summed E-state index contributed by atoms with van der Waals surface area (Å²) in [6, 6.07) is 3.87. The summed E-state index contributed by atoms with van der Waals surface area (Å²) in [5, 5.41) is 3.38. The number of furan rings is 1. The third-order valence-electron chi connectivity index (χ3n) is 3.40. The van der Waals surface area contributed by atoms with E-state index in [0.717, 1.165) is 49.0 Å². The van der Waals surface area contributed by atoms with Crippen LogP contribution >= 0.6 is 0 Å². The summed E-state index contributed by atoms with van der Waals surface area (Å²) in [6.07, 6.45) is 4.74. The maximum Gasteiger partial charge on any atom is 0.225 e. The summed E-state index contributed by atoms with van der Waals surface area (Å²) in [7, 11) is 0. The molecule has 0 bridgehead atoms. The second-order valence-corrected chi connectivity index (χ2v) is 5.05. The Labute approximate surface area is 126 Å². The van der Waals surface area contributed by atoms with Crippen LogP contribution in [0.5, 0.6) is 0 Å². The van der Waals surface area contributed by atoms with E-state index in [1.165, 1.54) is 0 Å². The first kappa shape index (κ1) is 15.5. The van der Waals surface area contributed by atoms with E-state index in [2.05, 4.69) is 34.0 Å². The first-order valence-corrected chi connectivity index (χ1v) is 7.55. The minimum atomic E-state index is 0.691. The molecule has 0 unspecified atom stereocenters. The van der Waals surface area contributed by atoms with Crippen LogP contribution in [0.1, 0.15) is 37.3 Å². The predicted octanol–water partition coefficient (Wildman–Crippen LogP) is 2.90. The quantitative estimate of drug-likeness (QED) is 0.757. The van der Waals surface area contributed by atoms with E-state index < -0.39 is 0 Å². The van der Waals surface area contributed by atoms with Crippen LogP contribution < -0.4 is 10.2 Å². The lowest BCUT2D eigenvalue weighted by molar-refractivity contribution is 0.501. The summed E-state index contributed by atoms with van der Waals surface area (Å²) in [4.78, 5) is 11.2. The van der Waals surface area contributed by atoms with Crippen LogP contribution in [-0.2, 0) is 13.1 Å². The van der Waals surface area contributed by atoms with Crippen molar-refractivity contribution in [1.82, 2.24) is 15.3 Å². The number of anilines is 1. The van der Waals surface area contributed by atoms with E-state index in [4.69, 9.17) is 4.42 Å². The average molecular weight is 288 g/mol. The lowest BCUT2D eigenvalue weighted by Crippen LogP contribution is -2.25. The van der Waals surface area contributed by atoms with Crippen molar-refractivity contribution >= 4 is 5.95 Å². The molecular weight excluding hydrogens is 264 g/mol. The van der Waals surface area contributed by atoms with E-state index >= 15 is 0 Å². The molecule has 0 aliphatic rings. The van der Waals surface area contributed by atoms with Crippen molar-refractivity contribution in [2.45, 2.75) is 40.3 Å². The van der Waals surface area contributed by atoms with E-state index in [-0.39, 0.29) is 0 Å². The number of nitrogens with zero attached hydrogens (tertiary/aromatic N) is 3. The fourth-order valence-corrected chi connectivity index (χ4v) is 2.12. The maximum atomic E-state index is 5.40. The van der Waals surface area contributed by atoms with Gasteiger partial charge in [-0.05, 0) is 38.9 Å². The molecule has 114 valence electrons. The summed E-state index contributed by atoms with van der Waals surface area (Å²) in [5.74, 6) is 1.68. The van der Waals surface area contributed by atoms with Gasteiger partial charge in [-0.3, -0.25) is 0 Å². The van der Waals surface area contributed by atoms with Crippen molar-refractivity contribution in [3.8, 4) is 0 Å². The molecule has 2 aromatic heterocycles. The molecule has 21 heavy (non-hydrogen) atoms. The second kappa shape index (κ2) is 7.78. The van der Waals surface area contributed by atoms with Crippen molar-refractivity contribution in [3.63, 3.8) is 0 Å². The SMILES string of the molecule is CCCNCc1cnc(N(CC)Cc2ccco2)nc1C. The summed E-state index contributed by atoms with van der Waals surface area (Å²) < 4.78 is 5.40. The van der Waals surface area contributed by atoms with Crippen LogP contribution in [0.15, 0.2) is 29.0 Å². The summed E-state index contributed by atoms with van der Waals surface area (Å²) in [5.41, 5.74) is 2.18. The number of aryl methyl sites for hydroxylation is 1. The number of nitrogens with one attached hydrogen (secondary N) is 1.